The van der Waals surface area contributed by atoms with Gasteiger partial charge in [-0.25, -0.2) is 0 Å². The van der Waals surface area contributed by atoms with Gasteiger partial charge in [-0.3, -0.25) is 0 Å². The van der Waals surface area contributed by atoms with Crippen molar-refractivity contribution >= 4 is 0 Å². The minimum Gasteiger partial charge on any atom is -0.479 e. The van der Waals surface area contributed by atoms with Gasteiger partial charge >= 0.3 is 0 Å². The maximum atomic E-state index is 9.11. The molecule has 3 nitrogen and oxygen atoms in total. The zero-order chi connectivity index (χ0) is 17.5. The maximum Gasteiger partial charge on any atom is 0.181 e. The van der Waals surface area contributed by atoms with Crippen LogP contribution in [0.4, 0.5) is 0 Å². The van der Waals surface area contributed by atoms with Crippen molar-refractivity contribution in [1.29, 1.82) is 0 Å². The lowest BCUT2D eigenvalue weighted by Crippen LogP contribution is -2.35. The summed E-state index contributed by atoms with van der Waals surface area (Å²) >= 11 is 0. The molecule has 0 bridgehead atoms. The minimum atomic E-state index is 0.315. The first-order valence-electron chi connectivity index (χ1n) is 9.80. The highest BCUT2D eigenvalue weighted by Crippen LogP contribution is 2.21. The van der Waals surface area contributed by atoms with E-state index in [2.05, 4.69) is 39.2 Å². The van der Waals surface area contributed by atoms with E-state index in [1.807, 2.05) is 0 Å². The lowest BCUT2D eigenvalue weighted by molar-refractivity contribution is 0.0585. The van der Waals surface area contributed by atoms with E-state index < -0.39 is 0 Å². The summed E-state index contributed by atoms with van der Waals surface area (Å²) < 4.78 is 5.82. The van der Waals surface area contributed by atoms with E-state index >= 15 is 0 Å². The number of nitrogens with zero attached hydrogens (tertiary/aromatic N) is 1. The summed E-state index contributed by atoms with van der Waals surface area (Å²) in [6, 6.07) is 0. The van der Waals surface area contributed by atoms with E-state index in [0.717, 1.165) is 38.4 Å². The molecule has 1 unspecified atom stereocenters. The molecule has 1 atom stereocenters. The molecule has 1 saturated heterocycles. The Labute approximate surface area is 145 Å². The second kappa shape index (κ2) is 14.9. The first-order chi connectivity index (χ1) is 11.1. The number of hydrogen-bond acceptors (Lipinski definition) is 3. The highest BCUT2D eigenvalue weighted by molar-refractivity contribution is 4.87. The van der Waals surface area contributed by atoms with E-state index in [0.29, 0.717) is 18.4 Å². The lowest BCUT2D eigenvalue weighted by atomic mass is 9.98. The van der Waals surface area contributed by atoms with Crippen LogP contribution in [0.15, 0.2) is 12.5 Å². The fraction of sp³-hybridized carbons (Fsp3) is 0.900. The third kappa shape index (κ3) is 10.6. The van der Waals surface area contributed by atoms with Crippen LogP contribution in [0.25, 0.3) is 0 Å². The van der Waals surface area contributed by atoms with Crippen LogP contribution < -0.4 is 0 Å². The maximum absolute atomic E-state index is 9.11. The quantitative estimate of drug-likeness (QED) is 0.560. The zero-order valence-corrected chi connectivity index (χ0v) is 16.1. The number of aliphatic hydroxyl groups excluding tert-OH is 1. The Balaban J connectivity index is 0.000000841. The number of likely N-dealkylation sites (tertiary alicyclic amines) is 1. The zero-order valence-electron chi connectivity index (χ0n) is 16.1. The van der Waals surface area contributed by atoms with Crippen LogP contribution in [0, 0.1) is 11.8 Å². The predicted molar refractivity (Wildman–Crippen MR) is 100 cm³/mol. The monoisotopic (exact) mass is 327 g/mol. The molecular weight excluding hydrogens is 286 g/mol. The third-order valence-corrected chi connectivity index (χ3v) is 4.69. The van der Waals surface area contributed by atoms with Crippen molar-refractivity contribution < 1.29 is 9.84 Å². The molecule has 1 N–H and O–H groups in total. The molecule has 138 valence electrons. The molecule has 1 aliphatic rings. The molecule has 1 heterocycles. The summed E-state index contributed by atoms with van der Waals surface area (Å²) in [5, 5.41) is 9.11. The second-order valence-electron chi connectivity index (χ2n) is 6.73. The van der Waals surface area contributed by atoms with Crippen molar-refractivity contribution in [3.05, 3.63) is 12.5 Å². The smallest absolute Gasteiger partial charge is 0.181 e. The number of ether oxygens (including phenoxy) is 1. The fourth-order valence-electron chi connectivity index (χ4n) is 2.84. The summed E-state index contributed by atoms with van der Waals surface area (Å²) in [5.41, 5.74) is 0. The third-order valence-electron chi connectivity index (χ3n) is 4.69. The number of rotatable bonds is 10. The van der Waals surface area contributed by atoms with Gasteiger partial charge in [-0.1, -0.05) is 59.8 Å². The number of aliphatic hydroxyl groups is 1. The van der Waals surface area contributed by atoms with Gasteiger partial charge in [0.1, 0.15) is 0 Å². The largest absolute Gasteiger partial charge is 0.479 e. The van der Waals surface area contributed by atoms with E-state index in [9.17, 15) is 0 Å². The molecule has 0 spiro atoms. The first kappa shape index (κ1) is 22.3. The molecule has 23 heavy (non-hydrogen) atoms. The SMILES string of the molecule is C=C(OCC(CC)CCC)N1CCC(CO)CC1.CCCCC. The van der Waals surface area contributed by atoms with Gasteiger partial charge in [0.2, 0.25) is 0 Å². The van der Waals surface area contributed by atoms with Crippen LogP contribution in [0.5, 0.6) is 0 Å². The van der Waals surface area contributed by atoms with Crippen molar-refractivity contribution in [3.8, 4) is 0 Å². The molecule has 0 aromatic heterocycles. The Morgan fingerprint density at radius 1 is 1.13 bits per heavy atom. The van der Waals surface area contributed by atoms with E-state index in [-0.39, 0.29) is 0 Å². The van der Waals surface area contributed by atoms with Crippen LogP contribution in [0.3, 0.4) is 0 Å². The van der Waals surface area contributed by atoms with Crippen LogP contribution in [0.2, 0.25) is 0 Å². The van der Waals surface area contributed by atoms with Gasteiger partial charge in [-0.05, 0) is 37.7 Å². The summed E-state index contributed by atoms with van der Waals surface area (Å²) in [6.07, 6.45) is 9.80. The van der Waals surface area contributed by atoms with Crippen molar-refractivity contribution in [3.63, 3.8) is 0 Å². The van der Waals surface area contributed by atoms with Crippen LogP contribution in [-0.2, 0) is 4.74 Å². The number of hydrogen-bond donors (Lipinski definition) is 1. The molecule has 0 aromatic rings. The van der Waals surface area contributed by atoms with Crippen molar-refractivity contribution in [2.75, 3.05) is 26.3 Å². The average molecular weight is 328 g/mol. The Bertz CT molecular complexity index is 271. The molecule has 3 heteroatoms. The number of unbranched alkanes of at least 4 members (excludes halogenated alkanes) is 2. The van der Waals surface area contributed by atoms with Gasteiger partial charge < -0.3 is 14.7 Å². The highest BCUT2D eigenvalue weighted by atomic mass is 16.5. The summed E-state index contributed by atoms with van der Waals surface area (Å²) in [7, 11) is 0. The Morgan fingerprint density at radius 3 is 2.13 bits per heavy atom. The van der Waals surface area contributed by atoms with Crippen LogP contribution in [-0.4, -0.2) is 36.3 Å². The average Bonchev–Trinajstić information content (AvgIpc) is 2.59. The molecule has 1 fully saturated rings. The predicted octanol–water partition coefficient (Wildman–Crippen LogP) is 5.20. The van der Waals surface area contributed by atoms with Gasteiger partial charge in [-0.2, -0.15) is 0 Å². The van der Waals surface area contributed by atoms with Crippen molar-refractivity contribution in [2.45, 2.75) is 79.1 Å². The minimum absolute atomic E-state index is 0.315. The van der Waals surface area contributed by atoms with Gasteiger partial charge in [-0.15, -0.1) is 0 Å². The summed E-state index contributed by atoms with van der Waals surface area (Å²) in [6.45, 7) is 15.9. The second-order valence-corrected chi connectivity index (χ2v) is 6.73. The summed E-state index contributed by atoms with van der Waals surface area (Å²) in [4.78, 5) is 2.21. The molecular formula is C20H41NO2. The Hall–Kier alpha value is -0.700. The normalized spacial score (nSPS) is 16.5. The molecule has 0 aliphatic carbocycles. The molecule has 1 rings (SSSR count). The first-order valence-corrected chi connectivity index (χ1v) is 9.80. The molecule has 0 amide bonds. The number of piperidine rings is 1. The van der Waals surface area contributed by atoms with Gasteiger partial charge in [0.15, 0.2) is 5.88 Å². The topological polar surface area (TPSA) is 32.7 Å². The van der Waals surface area contributed by atoms with Gasteiger partial charge in [0.25, 0.3) is 0 Å². The van der Waals surface area contributed by atoms with Crippen LogP contribution in [0.1, 0.15) is 79.1 Å². The molecule has 0 saturated carbocycles. The Kier molecular flexibility index (Phi) is 14.4. The molecule has 1 aliphatic heterocycles. The van der Waals surface area contributed by atoms with Crippen molar-refractivity contribution in [1.82, 2.24) is 4.90 Å². The Morgan fingerprint density at radius 2 is 1.74 bits per heavy atom. The van der Waals surface area contributed by atoms with Crippen molar-refractivity contribution in [2.24, 2.45) is 11.8 Å². The van der Waals surface area contributed by atoms with E-state index in [1.165, 1.54) is 38.5 Å². The summed E-state index contributed by atoms with van der Waals surface area (Å²) in [5.74, 6) is 1.94. The van der Waals surface area contributed by atoms with E-state index in [4.69, 9.17) is 9.84 Å². The van der Waals surface area contributed by atoms with Gasteiger partial charge in [0, 0.05) is 19.7 Å². The molecule has 0 radical (unpaired) electrons. The lowest BCUT2D eigenvalue weighted by Gasteiger charge is -2.33. The highest BCUT2D eigenvalue weighted by Gasteiger charge is 2.20. The van der Waals surface area contributed by atoms with Crippen LogP contribution >= 0.6 is 0 Å². The molecule has 0 aromatic carbocycles. The van der Waals surface area contributed by atoms with E-state index in [1.54, 1.807) is 0 Å². The standard InChI is InChI=1S/C15H29NO2.C5H12/c1-4-6-14(5-2)12-18-13(3)16-9-7-15(11-17)8-10-16;1-3-5-4-2/h14-15,17H,3-12H2,1-2H3;3-5H2,1-2H3. The van der Waals surface area contributed by atoms with Gasteiger partial charge in [0.05, 0.1) is 6.61 Å². The fourth-order valence-corrected chi connectivity index (χ4v) is 2.84.